The second-order valence-electron chi connectivity index (χ2n) is 3.13. The zero-order valence-corrected chi connectivity index (χ0v) is 7.16. The van der Waals surface area contributed by atoms with Crippen LogP contribution < -0.4 is 0 Å². The first-order valence-electron chi connectivity index (χ1n) is 4.00. The molecule has 84 valence electrons. The van der Waals surface area contributed by atoms with Crippen molar-refractivity contribution in [3.63, 3.8) is 0 Å². The third kappa shape index (κ3) is 1.26. The van der Waals surface area contributed by atoms with Crippen LogP contribution in [0.2, 0.25) is 0 Å². The average molecular weight is 226 g/mol. The van der Waals surface area contributed by atoms with Gasteiger partial charge in [0.25, 0.3) is 0 Å². The Labute approximate surface area is 81.2 Å². The molecule has 2 rings (SSSR count). The van der Waals surface area contributed by atoms with Gasteiger partial charge in [0.05, 0.1) is 6.26 Å². The van der Waals surface area contributed by atoms with Crippen LogP contribution in [0.3, 0.4) is 0 Å². The van der Waals surface area contributed by atoms with Crippen LogP contribution in [0.15, 0.2) is 22.8 Å². The first kappa shape index (κ1) is 10.4. The van der Waals surface area contributed by atoms with E-state index >= 15 is 0 Å². The molecule has 3 nitrogen and oxygen atoms in total. The highest BCUT2D eigenvalue weighted by molar-refractivity contribution is 5.13. The van der Waals surface area contributed by atoms with Gasteiger partial charge < -0.3 is 14.3 Å². The lowest BCUT2D eigenvalue weighted by Gasteiger charge is -2.20. The maximum Gasteiger partial charge on any atom is 0.362 e. The van der Waals surface area contributed by atoms with Gasteiger partial charge >= 0.3 is 11.8 Å². The molecule has 0 saturated carbocycles. The molecule has 0 radical (unpaired) electrons. The minimum Gasteiger partial charge on any atom is -0.466 e. The Hall–Kier alpha value is -1.08. The predicted octanol–water partition coefficient (Wildman–Crippen LogP) is 1.94. The highest BCUT2D eigenvalue weighted by Crippen LogP contribution is 2.53. The van der Waals surface area contributed by atoms with E-state index in [9.17, 15) is 17.6 Å². The second kappa shape index (κ2) is 2.96. The molecular weight excluding hydrogens is 220 g/mol. The summed E-state index contributed by atoms with van der Waals surface area (Å²) in [4.78, 5) is 0. The molecule has 1 fully saturated rings. The molecule has 1 aromatic rings. The Morgan fingerprint density at radius 3 is 2.27 bits per heavy atom. The molecule has 0 aliphatic carbocycles. The standard InChI is InChI=1S/C8H6F4O3/c9-7(10)5(4-2-1-3-14-4)15-6(13)8(7,11)12/h1-3,5-6,13H. The van der Waals surface area contributed by atoms with Crippen molar-refractivity contribution in [3.05, 3.63) is 24.2 Å². The lowest BCUT2D eigenvalue weighted by atomic mass is 10.1. The molecular formula is C8H6F4O3. The number of aliphatic hydroxyl groups is 1. The van der Waals surface area contributed by atoms with Crippen molar-refractivity contribution < 1.29 is 31.8 Å². The van der Waals surface area contributed by atoms with Crippen LogP contribution in [0, 0.1) is 0 Å². The summed E-state index contributed by atoms with van der Waals surface area (Å²) in [7, 11) is 0. The normalized spacial score (nSPS) is 33.1. The van der Waals surface area contributed by atoms with Gasteiger partial charge in [0.15, 0.2) is 6.10 Å². The lowest BCUT2D eigenvalue weighted by molar-refractivity contribution is -0.234. The molecule has 1 saturated heterocycles. The zero-order chi connectivity index (χ0) is 11.3. The van der Waals surface area contributed by atoms with Crippen molar-refractivity contribution in [1.82, 2.24) is 0 Å². The predicted molar refractivity (Wildman–Crippen MR) is 38.4 cm³/mol. The summed E-state index contributed by atoms with van der Waals surface area (Å²) in [6.45, 7) is 0. The minimum atomic E-state index is -4.62. The van der Waals surface area contributed by atoms with Gasteiger partial charge in [0.1, 0.15) is 5.76 Å². The van der Waals surface area contributed by atoms with Crippen molar-refractivity contribution in [2.24, 2.45) is 0 Å². The van der Waals surface area contributed by atoms with Gasteiger partial charge in [-0.25, -0.2) is 0 Å². The summed E-state index contributed by atoms with van der Waals surface area (Å²) < 4.78 is 60.4. The van der Waals surface area contributed by atoms with Crippen LogP contribution in [-0.2, 0) is 4.74 Å². The Balaban J connectivity index is 2.38. The van der Waals surface area contributed by atoms with Gasteiger partial charge in [-0.05, 0) is 12.1 Å². The van der Waals surface area contributed by atoms with Gasteiger partial charge in [-0.2, -0.15) is 17.6 Å². The molecule has 2 heterocycles. The van der Waals surface area contributed by atoms with Crippen LogP contribution in [0.1, 0.15) is 11.9 Å². The summed E-state index contributed by atoms with van der Waals surface area (Å²) in [6, 6.07) is 2.34. The molecule has 0 amide bonds. The minimum absolute atomic E-state index is 0.448. The van der Waals surface area contributed by atoms with Crippen LogP contribution >= 0.6 is 0 Å². The molecule has 0 spiro atoms. The van der Waals surface area contributed by atoms with E-state index in [0.717, 1.165) is 12.3 Å². The van der Waals surface area contributed by atoms with Gasteiger partial charge in [-0.1, -0.05) is 0 Å². The fraction of sp³-hybridized carbons (Fsp3) is 0.500. The summed E-state index contributed by atoms with van der Waals surface area (Å²) in [6.07, 6.45) is -4.04. The van der Waals surface area contributed by atoms with Crippen LogP contribution in [0.5, 0.6) is 0 Å². The van der Waals surface area contributed by atoms with E-state index < -0.39 is 30.0 Å². The van der Waals surface area contributed by atoms with Crippen LogP contribution in [0.25, 0.3) is 0 Å². The van der Waals surface area contributed by atoms with Crippen molar-refractivity contribution in [3.8, 4) is 0 Å². The third-order valence-electron chi connectivity index (χ3n) is 2.15. The number of ether oxygens (including phenoxy) is 1. The zero-order valence-electron chi connectivity index (χ0n) is 7.16. The van der Waals surface area contributed by atoms with E-state index in [-0.39, 0.29) is 0 Å². The van der Waals surface area contributed by atoms with E-state index in [4.69, 9.17) is 5.11 Å². The molecule has 1 aliphatic heterocycles. The Morgan fingerprint density at radius 2 is 1.87 bits per heavy atom. The van der Waals surface area contributed by atoms with E-state index in [1.807, 2.05) is 0 Å². The number of aliphatic hydroxyl groups excluding tert-OH is 1. The van der Waals surface area contributed by atoms with Gasteiger partial charge in [0, 0.05) is 0 Å². The average Bonchev–Trinajstić information content (AvgIpc) is 2.69. The SMILES string of the molecule is OC1OC(c2ccco2)C(F)(F)C1(F)F. The summed E-state index contributed by atoms with van der Waals surface area (Å²) in [5, 5.41) is 8.67. The second-order valence-corrected chi connectivity index (χ2v) is 3.13. The smallest absolute Gasteiger partial charge is 0.362 e. The quantitative estimate of drug-likeness (QED) is 0.744. The number of furan rings is 1. The summed E-state index contributed by atoms with van der Waals surface area (Å²) >= 11 is 0. The number of alkyl halides is 4. The van der Waals surface area contributed by atoms with Gasteiger partial charge in [-0.15, -0.1) is 0 Å². The third-order valence-corrected chi connectivity index (χ3v) is 2.15. The lowest BCUT2D eigenvalue weighted by Crippen LogP contribution is -2.44. The Morgan fingerprint density at radius 1 is 1.20 bits per heavy atom. The first-order valence-corrected chi connectivity index (χ1v) is 4.00. The van der Waals surface area contributed by atoms with Crippen molar-refractivity contribution in [2.75, 3.05) is 0 Å². The molecule has 15 heavy (non-hydrogen) atoms. The monoisotopic (exact) mass is 226 g/mol. The molecule has 1 aliphatic rings. The highest BCUT2D eigenvalue weighted by Gasteiger charge is 2.73. The highest BCUT2D eigenvalue weighted by atomic mass is 19.3. The van der Waals surface area contributed by atoms with Gasteiger partial charge in [0.2, 0.25) is 6.29 Å². The Kier molecular flexibility index (Phi) is 2.06. The summed E-state index contributed by atoms with van der Waals surface area (Å²) in [5.41, 5.74) is 0. The molecule has 0 bridgehead atoms. The topological polar surface area (TPSA) is 42.6 Å². The molecule has 0 aromatic carbocycles. The van der Waals surface area contributed by atoms with E-state index in [2.05, 4.69) is 9.15 Å². The fourth-order valence-corrected chi connectivity index (χ4v) is 1.33. The van der Waals surface area contributed by atoms with Crippen LogP contribution in [-0.4, -0.2) is 23.2 Å². The molecule has 7 heteroatoms. The van der Waals surface area contributed by atoms with Crippen LogP contribution in [0.4, 0.5) is 17.6 Å². The maximum absolute atomic E-state index is 13.1. The number of hydrogen-bond acceptors (Lipinski definition) is 3. The van der Waals surface area contributed by atoms with Crippen molar-refractivity contribution in [1.29, 1.82) is 0 Å². The van der Waals surface area contributed by atoms with Crippen molar-refractivity contribution in [2.45, 2.75) is 24.2 Å². The maximum atomic E-state index is 13.1. The molecule has 1 N–H and O–H groups in total. The number of rotatable bonds is 1. The first-order chi connectivity index (χ1) is 6.87. The molecule has 1 aromatic heterocycles. The van der Waals surface area contributed by atoms with E-state index in [0.29, 0.717) is 0 Å². The molecule has 2 unspecified atom stereocenters. The Bertz CT molecular complexity index is 349. The van der Waals surface area contributed by atoms with Gasteiger partial charge in [-0.3, -0.25) is 0 Å². The van der Waals surface area contributed by atoms with Crippen molar-refractivity contribution >= 4 is 0 Å². The van der Waals surface area contributed by atoms with E-state index in [1.165, 1.54) is 6.07 Å². The number of hydrogen-bond donors (Lipinski definition) is 1. The fourth-order valence-electron chi connectivity index (χ4n) is 1.33. The number of halogens is 4. The van der Waals surface area contributed by atoms with E-state index in [1.54, 1.807) is 0 Å². The summed E-state index contributed by atoms with van der Waals surface area (Å²) in [5.74, 6) is -9.56. The molecule has 2 atom stereocenters. The largest absolute Gasteiger partial charge is 0.466 e.